The molecule has 0 heterocycles. The van der Waals surface area contributed by atoms with Crippen LogP contribution >= 0.6 is 12.6 Å². The number of carboxylic acid groups (broad SMARTS) is 1. The lowest BCUT2D eigenvalue weighted by Crippen LogP contribution is -2.58. The summed E-state index contributed by atoms with van der Waals surface area (Å²) in [5, 5.41) is 17.0. The largest absolute Gasteiger partial charge is 0.480 e. The number of carbonyl (C=O) groups excluding carboxylic acids is 4. The number of benzene rings is 1. The number of primary amides is 1. The first kappa shape index (κ1) is 28.9. The molecular formula is C22H33N5O6S. The number of carboxylic acids is 1. The Labute approximate surface area is 203 Å². The zero-order valence-corrected chi connectivity index (χ0v) is 20.1. The highest BCUT2D eigenvalue weighted by atomic mass is 32.1. The highest BCUT2D eigenvalue weighted by Gasteiger charge is 2.31. The molecule has 0 radical (unpaired) electrons. The van der Waals surface area contributed by atoms with Crippen molar-refractivity contribution < 1.29 is 29.1 Å². The summed E-state index contributed by atoms with van der Waals surface area (Å²) in [7, 11) is 0. The molecule has 188 valence electrons. The third kappa shape index (κ3) is 9.79. The molecule has 34 heavy (non-hydrogen) atoms. The van der Waals surface area contributed by atoms with Gasteiger partial charge < -0.3 is 32.5 Å². The van der Waals surface area contributed by atoms with Gasteiger partial charge in [0.2, 0.25) is 23.6 Å². The van der Waals surface area contributed by atoms with Crippen molar-refractivity contribution in [3.8, 4) is 0 Å². The number of amides is 4. The van der Waals surface area contributed by atoms with Crippen molar-refractivity contribution in [2.45, 2.75) is 57.3 Å². The maximum absolute atomic E-state index is 12.9. The molecule has 1 aromatic rings. The maximum atomic E-state index is 12.9. The van der Waals surface area contributed by atoms with Crippen LogP contribution in [0.5, 0.6) is 0 Å². The molecule has 4 amide bonds. The first-order valence-corrected chi connectivity index (χ1v) is 11.4. The van der Waals surface area contributed by atoms with Gasteiger partial charge in [-0.05, 0) is 17.9 Å². The van der Waals surface area contributed by atoms with Crippen LogP contribution in [0, 0.1) is 5.92 Å². The van der Waals surface area contributed by atoms with Gasteiger partial charge in [-0.2, -0.15) is 12.6 Å². The predicted octanol–water partition coefficient (Wildman–Crippen LogP) is -1.05. The van der Waals surface area contributed by atoms with Crippen molar-refractivity contribution in [1.29, 1.82) is 0 Å². The van der Waals surface area contributed by atoms with Crippen LogP contribution in [-0.2, 0) is 30.4 Å². The number of hydrogen-bond acceptors (Lipinski definition) is 7. The van der Waals surface area contributed by atoms with Gasteiger partial charge in [-0.25, -0.2) is 4.79 Å². The second-order valence-corrected chi connectivity index (χ2v) is 8.54. The molecular weight excluding hydrogens is 462 g/mol. The van der Waals surface area contributed by atoms with Crippen molar-refractivity contribution in [3.05, 3.63) is 35.9 Å². The van der Waals surface area contributed by atoms with E-state index in [1.54, 1.807) is 44.2 Å². The Morgan fingerprint density at radius 2 is 1.53 bits per heavy atom. The third-order valence-corrected chi connectivity index (χ3v) is 5.38. The average Bonchev–Trinajstić information content (AvgIpc) is 2.78. The molecule has 1 aromatic carbocycles. The summed E-state index contributed by atoms with van der Waals surface area (Å²) in [6, 6.07) is 4.23. The van der Waals surface area contributed by atoms with E-state index in [0.29, 0.717) is 5.56 Å². The van der Waals surface area contributed by atoms with Crippen LogP contribution in [0.1, 0.15) is 32.3 Å². The summed E-state index contributed by atoms with van der Waals surface area (Å²) >= 11 is 3.96. The molecule has 1 rings (SSSR count). The van der Waals surface area contributed by atoms with Crippen molar-refractivity contribution in [3.63, 3.8) is 0 Å². The Bertz CT molecular complexity index is 867. The molecule has 11 nitrogen and oxygen atoms in total. The van der Waals surface area contributed by atoms with E-state index < -0.39 is 53.8 Å². The normalized spacial score (nSPS) is 14.4. The van der Waals surface area contributed by atoms with Crippen molar-refractivity contribution in [1.82, 2.24) is 16.0 Å². The van der Waals surface area contributed by atoms with Gasteiger partial charge in [0, 0.05) is 18.6 Å². The molecule has 12 heteroatoms. The first-order valence-electron chi connectivity index (χ1n) is 10.8. The van der Waals surface area contributed by atoms with Crippen LogP contribution in [0.4, 0.5) is 0 Å². The molecule has 0 fully saturated rings. The molecule has 0 aliphatic heterocycles. The number of nitrogens with one attached hydrogen (secondary N) is 3. The quantitative estimate of drug-likeness (QED) is 0.160. The van der Waals surface area contributed by atoms with E-state index in [2.05, 4.69) is 28.6 Å². The van der Waals surface area contributed by atoms with Crippen LogP contribution in [0.15, 0.2) is 30.3 Å². The van der Waals surface area contributed by atoms with Crippen LogP contribution in [0.25, 0.3) is 0 Å². The van der Waals surface area contributed by atoms with Crippen LogP contribution in [-0.4, -0.2) is 64.6 Å². The molecule has 4 atom stereocenters. The SMILES string of the molecule is CC(C)C(NC(=O)C(N)CS)C(=O)NC(CCC(N)=O)C(=O)NC(Cc1ccccc1)C(=O)O. The molecule has 0 bridgehead atoms. The number of rotatable bonds is 14. The Balaban J connectivity index is 3.00. The lowest BCUT2D eigenvalue weighted by atomic mass is 10.0. The van der Waals surface area contributed by atoms with Crippen LogP contribution < -0.4 is 27.4 Å². The van der Waals surface area contributed by atoms with Gasteiger partial charge in [-0.15, -0.1) is 0 Å². The van der Waals surface area contributed by atoms with E-state index in [0.717, 1.165) is 0 Å². The lowest BCUT2D eigenvalue weighted by Gasteiger charge is -2.26. The lowest BCUT2D eigenvalue weighted by molar-refractivity contribution is -0.142. The second kappa shape index (κ2) is 14.2. The van der Waals surface area contributed by atoms with E-state index >= 15 is 0 Å². The highest BCUT2D eigenvalue weighted by Crippen LogP contribution is 2.08. The molecule has 0 aliphatic carbocycles. The van der Waals surface area contributed by atoms with E-state index in [-0.39, 0.29) is 30.9 Å². The topological polar surface area (TPSA) is 194 Å². The summed E-state index contributed by atoms with van der Waals surface area (Å²) in [6.07, 6.45) is -0.359. The fourth-order valence-corrected chi connectivity index (χ4v) is 3.18. The van der Waals surface area contributed by atoms with Crippen molar-refractivity contribution >= 4 is 42.2 Å². The Morgan fingerprint density at radius 3 is 2.03 bits per heavy atom. The average molecular weight is 496 g/mol. The molecule has 0 saturated carbocycles. The number of carbonyl (C=O) groups is 5. The van der Waals surface area contributed by atoms with Crippen LogP contribution in [0.3, 0.4) is 0 Å². The summed E-state index contributed by atoms with van der Waals surface area (Å²) < 4.78 is 0. The van der Waals surface area contributed by atoms with Gasteiger partial charge in [0.05, 0.1) is 6.04 Å². The van der Waals surface area contributed by atoms with Gasteiger partial charge in [0.25, 0.3) is 0 Å². The van der Waals surface area contributed by atoms with Gasteiger partial charge in [0.15, 0.2) is 0 Å². The molecule has 0 spiro atoms. The molecule has 8 N–H and O–H groups in total. The molecule has 0 saturated heterocycles. The molecule has 0 aliphatic rings. The minimum Gasteiger partial charge on any atom is -0.480 e. The fourth-order valence-electron chi connectivity index (χ4n) is 3.02. The number of thiol groups is 1. The Kier molecular flexibility index (Phi) is 12.1. The summed E-state index contributed by atoms with van der Waals surface area (Å²) in [5.41, 5.74) is 11.5. The maximum Gasteiger partial charge on any atom is 0.326 e. The minimum absolute atomic E-state index is 0.0185. The Hall–Kier alpha value is -3.12. The van der Waals surface area contributed by atoms with E-state index in [1.165, 1.54) is 0 Å². The smallest absolute Gasteiger partial charge is 0.326 e. The summed E-state index contributed by atoms with van der Waals surface area (Å²) in [6.45, 7) is 3.38. The highest BCUT2D eigenvalue weighted by molar-refractivity contribution is 7.80. The van der Waals surface area contributed by atoms with Gasteiger partial charge in [-0.1, -0.05) is 44.2 Å². The van der Waals surface area contributed by atoms with E-state index in [9.17, 15) is 29.1 Å². The summed E-state index contributed by atoms with van der Waals surface area (Å²) in [4.78, 5) is 61.0. The first-order chi connectivity index (χ1) is 16.0. The monoisotopic (exact) mass is 495 g/mol. The van der Waals surface area contributed by atoms with Crippen LogP contribution in [0.2, 0.25) is 0 Å². The predicted molar refractivity (Wildman–Crippen MR) is 129 cm³/mol. The molecule has 4 unspecified atom stereocenters. The fraction of sp³-hybridized carbons (Fsp3) is 0.500. The third-order valence-electron chi connectivity index (χ3n) is 4.99. The van der Waals surface area contributed by atoms with Crippen molar-refractivity contribution in [2.75, 3.05) is 5.75 Å². The minimum atomic E-state index is -1.27. The number of nitrogens with two attached hydrogens (primary N) is 2. The second-order valence-electron chi connectivity index (χ2n) is 8.17. The van der Waals surface area contributed by atoms with Gasteiger partial charge in [0.1, 0.15) is 18.1 Å². The van der Waals surface area contributed by atoms with E-state index in [1.807, 2.05) is 0 Å². The standard InChI is InChI=1S/C22H33N5O6S/c1-12(2)18(27-19(29)14(23)11-34)21(31)25-15(8-9-17(24)28)20(30)26-16(22(32)33)10-13-6-4-3-5-7-13/h3-7,12,14-16,18,34H,8-11,23H2,1-2H3,(H2,24,28)(H,25,31)(H,26,30)(H,27,29)(H,32,33). The zero-order chi connectivity index (χ0) is 25.8. The summed E-state index contributed by atoms with van der Waals surface area (Å²) in [5.74, 6) is -4.31. The Morgan fingerprint density at radius 1 is 0.941 bits per heavy atom. The van der Waals surface area contributed by atoms with Gasteiger partial charge in [-0.3, -0.25) is 19.2 Å². The zero-order valence-electron chi connectivity index (χ0n) is 19.2. The van der Waals surface area contributed by atoms with Gasteiger partial charge >= 0.3 is 5.97 Å². The van der Waals surface area contributed by atoms with E-state index in [4.69, 9.17) is 11.5 Å². The molecule has 0 aromatic heterocycles. The van der Waals surface area contributed by atoms with Crippen molar-refractivity contribution in [2.24, 2.45) is 17.4 Å². The number of hydrogen-bond donors (Lipinski definition) is 7. The number of aliphatic carboxylic acids is 1.